The Balaban J connectivity index is 2.30. The molecule has 0 aliphatic carbocycles. The van der Waals surface area contributed by atoms with Gasteiger partial charge in [0.05, 0.1) is 24.1 Å². The van der Waals surface area contributed by atoms with Crippen LogP contribution < -0.4 is 5.73 Å². The average molecular weight is 248 g/mol. The molecule has 0 saturated heterocycles. The molecule has 0 aliphatic heterocycles. The third kappa shape index (κ3) is 2.48. The maximum absolute atomic E-state index is 11.0. The van der Waals surface area contributed by atoms with Crippen LogP contribution in [-0.4, -0.2) is 42.6 Å². The van der Waals surface area contributed by atoms with Crippen LogP contribution in [0.2, 0.25) is 0 Å². The molecule has 0 atom stereocenters. The van der Waals surface area contributed by atoms with Crippen molar-refractivity contribution in [1.29, 1.82) is 0 Å². The summed E-state index contributed by atoms with van der Waals surface area (Å²) >= 11 is 0. The van der Waals surface area contributed by atoms with Gasteiger partial charge in [0.1, 0.15) is 0 Å². The summed E-state index contributed by atoms with van der Waals surface area (Å²) in [7, 11) is 0. The minimum atomic E-state index is -1.11. The molecule has 94 valence electrons. The van der Waals surface area contributed by atoms with Gasteiger partial charge >= 0.3 is 5.97 Å². The molecule has 8 heteroatoms. The molecule has 18 heavy (non-hydrogen) atoms. The van der Waals surface area contributed by atoms with Gasteiger partial charge in [0.15, 0.2) is 5.69 Å². The largest absolute Gasteiger partial charge is 0.476 e. The summed E-state index contributed by atoms with van der Waals surface area (Å²) in [6.07, 6.45) is 5.12. The number of hydrogen-bond acceptors (Lipinski definition) is 6. The van der Waals surface area contributed by atoms with Crippen molar-refractivity contribution < 1.29 is 9.90 Å². The Morgan fingerprint density at radius 3 is 2.89 bits per heavy atom. The molecule has 0 bridgehead atoms. The number of aromatic carboxylic acids is 1. The Bertz CT molecular complexity index is 539. The van der Waals surface area contributed by atoms with Gasteiger partial charge in [-0.05, 0) is 6.54 Å². The van der Waals surface area contributed by atoms with Gasteiger partial charge in [-0.3, -0.25) is 9.97 Å². The van der Waals surface area contributed by atoms with Crippen molar-refractivity contribution in [3.63, 3.8) is 0 Å². The van der Waals surface area contributed by atoms with Crippen molar-refractivity contribution in [3.05, 3.63) is 35.7 Å². The van der Waals surface area contributed by atoms with E-state index in [1.807, 2.05) is 0 Å². The molecular formula is C10H12N6O2. The SMILES string of the molecule is NCCc1c(C(=O)O)nnn1Cc1cnccn1. The highest BCUT2D eigenvalue weighted by molar-refractivity contribution is 5.86. The van der Waals surface area contributed by atoms with Crippen molar-refractivity contribution in [2.45, 2.75) is 13.0 Å². The maximum atomic E-state index is 11.0. The van der Waals surface area contributed by atoms with E-state index in [0.717, 1.165) is 0 Å². The molecule has 2 rings (SSSR count). The number of nitrogens with two attached hydrogens (primary N) is 1. The van der Waals surface area contributed by atoms with Gasteiger partial charge in [0.25, 0.3) is 0 Å². The van der Waals surface area contributed by atoms with Crippen LogP contribution in [0.1, 0.15) is 21.9 Å². The van der Waals surface area contributed by atoms with E-state index >= 15 is 0 Å². The van der Waals surface area contributed by atoms with Gasteiger partial charge in [-0.1, -0.05) is 5.21 Å². The summed E-state index contributed by atoms with van der Waals surface area (Å²) in [6, 6.07) is 0. The van der Waals surface area contributed by atoms with Gasteiger partial charge in [-0.25, -0.2) is 9.48 Å². The summed E-state index contributed by atoms with van der Waals surface area (Å²) in [5.74, 6) is -1.11. The van der Waals surface area contributed by atoms with E-state index in [4.69, 9.17) is 10.8 Å². The number of hydrogen-bond donors (Lipinski definition) is 2. The summed E-state index contributed by atoms with van der Waals surface area (Å²) in [6.45, 7) is 0.650. The Hall–Kier alpha value is -2.35. The van der Waals surface area contributed by atoms with Crippen LogP contribution in [0.25, 0.3) is 0 Å². The first-order valence-electron chi connectivity index (χ1n) is 5.33. The van der Waals surface area contributed by atoms with Crippen LogP contribution in [0, 0.1) is 0 Å². The Kier molecular flexibility index (Phi) is 3.58. The fraction of sp³-hybridized carbons (Fsp3) is 0.300. The summed E-state index contributed by atoms with van der Waals surface area (Å²) in [5.41, 5.74) is 6.57. The zero-order valence-electron chi connectivity index (χ0n) is 9.52. The minimum Gasteiger partial charge on any atom is -0.476 e. The van der Waals surface area contributed by atoms with Crippen LogP contribution in [0.5, 0.6) is 0 Å². The number of carboxylic acid groups (broad SMARTS) is 1. The third-order valence-corrected chi connectivity index (χ3v) is 2.35. The first-order chi connectivity index (χ1) is 8.72. The lowest BCUT2D eigenvalue weighted by atomic mass is 10.2. The van der Waals surface area contributed by atoms with Gasteiger partial charge in [0.2, 0.25) is 0 Å². The number of carbonyl (C=O) groups is 1. The number of nitrogens with zero attached hydrogens (tertiary/aromatic N) is 5. The molecule has 2 heterocycles. The second-order valence-corrected chi connectivity index (χ2v) is 3.58. The Morgan fingerprint density at radius 1 is 1.44 bits per heavy atom. The molecule has 0 amide bonds. The fourth-order valence-corrected chi connectivity index (χ4v) is 1.58. The van der Waals surface area contributed by atoms with Crippen LogP contribution >= 0.6 is 0 Å². The van der Waals surface area contributed by atoms with E-state index in [1.165, 1.54) is 4.68 Å². The number of aromatic nitrogens is 5. The average Bonchev–Trinajstić information content (AvgIpc) is 2.74. The molecule has 2 aromatic heterocycles. The number of carboxylic acids is 1. The molecule has 8 nitrogen and oxygen atoms in total. The molecule has 0 spiro atoms. The predicted octanol–water partition coefficient (Wildman–Crippen LogP) is -0.684. The quantitative estimate of drug-likeness (QED) is 0.718. The highest BCUT2D eigenvalue weighted by atomic mass is 16.4. The lowest BCUT2D eigenvalue weighted by Crippen LogP contribution is -2.14. The van der Waals surface area contributed by atoms with Crippen LogP contribution in [0.4, 0.5) is 0 Å². The topological polar surface area (TPSA) is 120 Å². The van der Waals surface area contributed by atoms with E-state index in [9.17, 15) is 4.79 Å². The monoisotopic (exact) mass is 248 g/mol. The van der Waals surface area contributed by atoms with Gasteiger partial charge in [-0.2, -0.15) is 0 Å². The van der Waals surface area contributed by atoms with Crippen LogP contribution in [0.15, 0.2) is 18.6 Å². The molecule has 0 saturated carbocycles. The molecule has 0 fully saturated rings. The zero-order valence-corrected chi connectivity index (χ0v) is 9.52. The molecule has 0 radical (unpaired) electrons. The van der Waals surface area contributed by atoms with E-state index in [1.54, 1.807) is 18.6 Å². The van der Waals surface area contributed by atoms with Crippen molar-refractivity contribution in [3.8, 4) is 0 Å². The van der Waals surface area contributed by atoms with Crippen LogP contribution in [-0.2, 0) is 13.0 Å². The minimum absolute atomic E-state index is 0.0654. The normalized spacial score (nSPS) is 10.5. The molecule has 0 unspecified atom stereocenters. The predicted molar refractivity (Wildman–Crippen MR) is 60.9 cm³/mol. The number of rotatable bonds is 5. The Morgan fingerprint density at radius 2 is 2.28 bits per heavy atom. The Labute approximate surface area is 102 Å². The second kappa shape index (κ2) is 5.32. The standard InChI is InChI=1S/C10H12N6O2/c11-2-1-8-9(10(17)18)14-15-16(8)6-7-5-12-3-4-13-7/h3-5H,1-2,6,11H2,(H,17,18). The smallest absolute Gasteiger partial charge is 0.358 e. The van der Waals surface area contributed by atoms with E-state index in [2.05, 4.69) is 20.3 Å². The fourth-order valence-electron chi connectivity index (χ4n) is 1.58. The summed E-state index contributed by atoms with van der Waals surface area (Å²) < 4.78 is 1.49. The molecular weight excluding hydrogens is 236 g/mol. The second-order valence-electron chi connectivity index (χ2n) is 3.58. The first kappa shape index (κ1) is 12.1. The zero-order chi connectivity index (χ0) is 13.0. The van der Waals surface area contributed by atoms with Crippen molar-refractivity contribution in [2.24, 2.45) is 5.73 Å². The lowest BCUT2D eigenvalue weighted by Gasteiger charge is -2.04. The first-order valence-corrected chi connectivity index (χ1v) is 5.33. The van der Waals surface area contributed by atoms with Gasteiger partial charge in [-0.15, -0.1) is 5.10 Å². The molecule has 3 N–H and O–H groups in total. The molecule has 0 aliphatic rings. The van der Waals surface area contributed by atoms with E-state index in [-0.39, 0.29) is 5.69 Å². The molecule has 2 aromatic rings. The van der Waals surface area contributed by atoms with Gasteiger partial charge in [0, 0.05) is 18.8 Å². The summed E-state index contributed by atoms with van der Waals surface area (Å²) in [5, 5.41) is 16.4. The van der Waals surface area contributed by atoms with Gasteiger partial charge < -0.3 is 10.8 Å². The maximum Gasteiger partial charge on any atom is 0.358 e. The van der Waals surface area contributed by atoms with E-state index < -0.39 is 5.97 Å². The van der Waals surface area contributed by atoms with Crippen molar-refractivity contribution >= 4 is 5.97 Å². The third-order valence-electron chi connectivity index (χ3n) is 2.35. The lowest BCUT2D eigenvalue weighted by molar-refractivity contribution is 0.0689. The highest BCUT2D eigenvalue weighted by Gasteiger charge is 2.18. The van der Waals surface area contributed by atoms with Crippen molar-refractivity contribution in [1.82, 2.24) is 25.0 Å². The van der Waals surface area contributed by atoms with E-state index in [0.29, 0.717) is 30.9 Å². The summed E-state index contributed by atoms with van der Waals surface area (Å²) in [4.78, 5) is 19.0. The molecule has 0 aromatic carbocycles. The van der Waals surface area contributed by atoms with Crippen molar-refractivity contribution in [2.75, 3.05) is 6.54 Å². The highest BCUT2D eigenvalue weighted by Crippen LogP contribution is 2.08. The van der Waals surface area contributed by atoms with Crippen LogP contribution in [0.3, 0.4) is 0 Å².